The summed E-state index contributed by atoms with van der Waals surface area (Å²) in [6, 6.07) is 2.52. The second-order valence-electron chi connectivity index (χ2n) is 5.13. The summed E-state index contributed by atoms with van der Waals surface area (Å²) in [7, 11) is 0. The van der Waals surface area contributed by atoms with Crippen LogP contribution >= 0.6 is 0 Å². The van der Waals surface area contributed by atoms with Crippen molar-refractivity contribution in [2.24, 2.45) is 0 Å². The molecule has 0 radical (unpaired) electrons. The molecule has 0 spiro atoms. The Balaban J connectivity index is 0.000000251. The lowest BCUT2D eigenvalue weighted by atomic mass is 10.2. The molecular weight excluding hydrogens is 332 g/mol. The van der Waals surface area contributed by atoms with Gasteiger partial charge in [0.25, 0.3) is 0 Å². The van der Waals surface area contributed by atoms with E-state index in [0.29, 0.717) is 12.2 Å². The second-order valence-corrected chi connectivity index (χ2v) is 5.13. The number of carbonyl (C=O) groups is 2. The number of rotatable bonds is 3. The van der Waals surface area contributed by atoms with Crippen LogP contribution in [0.4, 0.5) is 0 Å². The number of ketones is 2. The molecule has 0 aliphatic heterocycles. The van der Waals surface area contributed by atoms with Gasteiger partial charge in [0.05, 0.1) is 0 Å². The molecule has 8 nitrogen and oxygen atoms in total. The Labute approximate surface area is 142 Å². The summed E-state index contributed by atoms with van der Waals surface area (Å²) in [5.41, 5.74) is -2.14. The molecule has 2 rings (SSSR count). The van der Waals surface area contributed by atoms with Crippen molar-refractivity contribution in [1.29, 1.82) is 0 Å². The zero-order valence-electron chi connectivity index (χ0n) is 14.2. The number of hydrogen-bond acceptors (Lipinski definition) is 8. The third kappa shape index (κ3) is 4.90. The van der Waals surface area contributed by atoms with Crippen LogP contribution in [0.25, 0.3) is 0 Å². The smallest absolute Gasteiger partial charge is 0.350 e. The summed E-state index contributed by atoms with van der Waals surface area (Å²) in [6.45, 7) is 5.70. The van der Waals surface area contributed by atoms with E-state index >= 15 is 0 Å². The molecule has 0 amide bonds. The Bertz CT molecular complexity index is 917. The minimum atomic E-state index is -0.792. The highest BCUT2D eigenvalue weighted by Crippen LogP contribution is 2.15. The maximum absolute atomic E-state index is 11.1. The zero-order valence-corrected chi connectivity index (χ0v) is 14.2. The number of carbonyl (C=O) groups excluding carboxylic acids is 2. The molecule has 2 heterocycles. The van der Waals surface area contributed by atoms with Crippen LogP contribution < -0.4 is 11.3 Å². The molecule has 0 saturated carbocycles. The van der Waals surface area contributed by atoms with Gasteiger partial charge in [-0.05, 0) is 20.8 Å². The summed E-state index contributed by atoms with van der Waals surface area (Å²) in [6.07, 6.45) is 0.501. The van der Waals surface area contributed by atoms with Crippen molar-refractivity contribution in [3.63, 3.8) is 0 Å². The van der Waals surface area contributed by atoms with Crippen LogP contribution in [0.2, 0.25) is 0 Å². The van der Waals surface area contributed by atoms with Crippen LogP contribution in [0.15, 0.2) is 30.6 Å². The highest BCUT2D eigenvalue weighted by molar-refractivity contribution is 5.96. The van der Waals surface area contributed by atoms with Crippen LogP contribution in [-0.4, -0.2) is 21.8 Å². The molecule has 0 aliphatic rings. The van der Waals surface area contributed by atoms with E-state index in [-0.39, 0.29) is 28.4 Å². The average molecular weight is 350 g/mol. The molecule has 0 aromatic carbocycles. The first-order valence-corrected chi connectivity index (χ1v) is 7.30. The monoisotopic (exact) mass is 350 g/mol. The Hall–Kier alpha value is -3.16. The fraction of sp³-hybridized carbons (Fsp3) is 0.294. The van der Waals surface area contributed by atoms with Crippen LogP contribution in [0.1, 0.15) is 53.0 Å². The molecule has 25 heavy (non-hydrogen) atoms. The number of hydrogen-bond donors (Lipinski definition) is 2. The van der Waals surface area contributed by atoms with Gasteiger partial charge in [-0.1, -0.05) is 6.92 Å². The predicted octanol–water partition coefficient (Wildman–Crippen LogP) is 1.97. The molecule has 0 saturated heterocycles. The molecule has 0 unspecified atom stereocenters. The van der Waals surface area contributed by atoms with E-state index in [9.17, 15) is 24.3 Å². The molecule has 0 aliphatic carbocycles. The van der Waals surface area contributed by atoms with E-state index in [1.54, 1.807) is 6.92 Å². The van der Waals surface area contributed by atoms with Gasteiger partial charge in [0, 0.05) is 18.6 Å². The van der Waals surface area contributed by atoms with E-state index in [0.717, 1.165) is 0 Å². The maximum atomic E-state index is 11.1. The fourth-order valence-electron chi connectivity index (χ4n) is 1.95. The van der Waals surface area contributed by atoms with E-state index in [1.165, 1.54) is 32.9 Å². The first kappa shape index (κ1) is 19.9. The van der Waals surface area contributed by atoms with E-state index < -0.39 is 22.8 Å². The highest BCUT2D eigenvalue weighted by Gasteiger charge is 2.14. The third-order valence-corrected chi connectivity index (χ3v) is 3.09. The van der Waals surface area contributed by atoms with E-state index in [4.69, 9.17) is 9.52 Å². The lowest BCUT2D eigenvalue weighted by Gasteiger charge is -2.00. The van der Waals surface area contributed by atoms with Crippen molar-refractivity contribution >= 4 is 11.6 Å². The normalized spacial score (nSPS) is 9.92. The van der Waals surface area contributed by atoms with Crippen LogP contribution in [0, 0.1) is 6.92 Å². The number of aryl methyl sites for hydroxylation is 2. The molecule has 8 heteroatoms. The van der Waals surface area contributed by atoms with Crippen molar-refractivity contribution in [2.75, 3.05) is 0 Å². The Morgan fingerprint density at radius 2 is 1.36 bits per heavy atom. The summed E-state index contributed by atoms with van der Waals surface area (Å²) in [5.74, 6) is -0.970. The van der Waals surface area contributed by atoms with Gasteiger partial charge in [-0.25, -0.2) is 9.59 Å². The van der Waals surface area contributed by atoms with Crippen LogP contribution in [0.3, 0.4) is 0 Å². The van der Waals surface area contributed by atoms with Gasteiger partial charge in [0.15, 0.2) is 11.6 Å². The SMILES string of the molecule is CC(=O)c1c(O)cc(C)oc1=O.CCc1cc(O)c(C(C)=O)c(=O)o1. The lowest BCUT2D eigenvalue weighted by Crippen LogP contribution is -2.12. The molecular formula is C17H18O8. The minimum absolute atomic E-state index is 0.280. The van der Waals surface area contributed by atoms with Gasteiger partial charge in [-0.2, -0.15) is 0 Å². The molecule has 2 N–H and O–H groups in total. The molecule has 0 atom stereocenters. The van der Waals surface area contributed by atoms with Crippen molar-refractivity contribution in [3.8, 4) is 11.5 Å². The van der Waals surface area contributed by atoms with Crippen molar-refractivity contribution < 1.29 is 28.6 Å². The first-order valence-electron chi connectivity index (χ1n) is 7.30. The van der Waals surface area contributed by atoms with Gasteiger partial charge < -0.3 is 19.0 Å². The van der Waals surface area contributed by atoms with Gasteiger partial charge in [0.1, 0.15) is 34.1 Å². The Kier molecular flexibility index (Phi) is 6.44. The van der Waals surface area contributed by atoms with Crippen LogP contribution in [0.5, 0.6) is 11.5 Å². The lowest BCUT2D eigenvalue weighted by molar-refractivity contribution is 0.0997. The third-order valence-electron chi connectivity index (χ3n) is 3.09. The van der Waals surface area contributed by atoms with E-state index in [1.807, 2.05) is 0 Å². The van der Waals surface area contributed by atoms with Crippen LogP contribution in [-0.2, 0) is 6.42 Å². The molecule has 0 fully saturated rings. The fourth-order valence-corrected chi connectivity index (χ4v) is 1.95. The molecule has 2 aromatic rings. The van der Waals surface area contributed by atoms with Gasteiger partial charge >= 0.3 is 11.3 Å². The number of aromatic hydroxyl groups is 2. The number of Topliss-reactive ketones (excluding diaryl/α,β-unsaturated/α-hetero) is 2. The second kappa shape index (κ2) is 8.09. The predicted molar refractivity (Wildman–Crippen MR) is 87.4 cm³/mol. The standard InChI is InChI=1S/C9H10O4.C8H8O4/c1-3-6-4-7(11)8(5(2)10)9(12)13-6;1-4-3-6(10)7(5(2)9)8(11)12-4/h4,11H,3H2,1-2H3;3,10H,1-2H3. The Morgan fingerprint density at radius 1 is 0.920 bits per heavy atom. The highest BCUT2D eigenvalue weighted by atomic mass is 16.4. The minimum Gasteiger partial charge on any atom is -0.507 e. The summed E-state index contributed by atoms with van der Waals surface area (Å²) in [4.78, 5) is 43.7. The van der Waals surface area contributed by atoms with Gasteiger partial charge in [-0.15, -0.1) is 0 Å². The zero-order chi connectivity index (χ0) is 19.3. The topological polar surface area (TPSA) is 135 Å². The maximum Gasteiger partial charge on any atom is 0.350 e. The summed E-state index contributed by atoms with van der Waals surface area (Å²) >= 11 is 0. The van der Waals surface area contributed by atoms with Crippen molar-refractivity contribution in [1.82, 2.24) is 0 Å². The van der Waals surface area contributed by atoms with Crippen molar-refractivity contribution in [2.45, 2.75) is 34.1 Å². The van der Waals surface area contributed by atoms with Crippen molar-refractivity contribution in [3.05, 3.63) is 55.6 Å². The van der Waals surface area contributed by atoms with Gasteiger partial charge in [-0.3, -0.25) is 9.59 Å². The average Bonchev–Trinajstić information content (AvgIpc) is 2.44. The summed E-state index contributed by atoms with van der Waals surface area (Å²) in [5, 5.41) is 18.5. The Morgan fingerprint density at radius 3 is 1.72 bits per heavy atom. The summed E-state index contributed by atoms with van der Waals surface area (Å²) < 4.78 is 9.38. The first-order chi connectivity index (χ1) is 11.6. The largest absolute Gasteiger partial charge is 0.507 e. The van der Waals surface area contributed by atoms with Gasteiger partial charge in [0.2, 0.25) is 0 Å². The van der Waals surface area contributed by atoms with E-state index in [2.05, 4.69) is 4.42 Å². The quantitative estimate of drug-likeness (QED) is 0.802. The molecule has 134 valence electrons. The molecule has 2 aromatic heterocycles. The molecule has 0 bridgehead atoms.